The first-order chi connectivity index (χ1) is 6.57. The lowest BCUT2D eigenvalue weighted by Gasteiger charge is -2.26. The Balaban J connectivity index is 2.53. The van der Waals surface area contributed by atoms with Gasteiger partial charge in [0.2, 0.25) is 5.91 Å². The minimum absolute atomic E-state index is 0.124. The number of rotatable bonds is 5. The lowest BCUT2D eigenvalue weighted by Crippen LogP contribution is -2.39. The van der Waals surface area contributed by atoms with Crippen LogP contribution in [0.5, 0.6) is 0 Å². The number of nitrogens with zero attached hydrogens (tertiary/aromatic N) is 1. The molecule has 0 aromatic carbocycles. The van der Waals surface area contributed by atoms with Gasteiger partial charge in [-0.05, 0) is 18.8 Å². The Morgan fingerprint density at radius 3 is 2.36 bits per heavy atom. The fourth-order valence-corrected chi connectivity index (χ4v) is 1.68. The Kier molecular flexibility index (Phi) is 4.24. The molecule has 1 rings (SSSR count). The fraction of sp³-hybridized carbons (Fsp3) is 0.909. The maximum Gasteiger partial charge on any atom is 0.225 e. The van der Waals surface area contributed by atoms with E-state index in [2.05, 4.69) is 13.8 Å². The highest BCUT2D eigenvalue weighted by molar-refractivity contribution is 6.18. The first kappa shape index (κ1) is 11.8. The smallest absolute Gasteiger partial charge is 0.225 e. The number of hydrogen-bond acceptors (Lipinski definition) is 1. The molecule has 2 nitrogen and oxygen atoms in total. The number of hydrogen-bond donors (Lipinski definition) is 0. The van der Waals surface area contributed by atoms with Gasteiger partial charge in [0.05, 0.1) is 0 Å². The van der Waals surface area contributed by atoms with Crippen LogP contribution in [0.4, 0.5) is 0 Å². The van der Waals surface area contributed by atoms with Gasteiger partial charge >= 0.3 is 0 Å². The minimum Gasteiger partial charge on any atom is -0.338 e. The third-order valence-corrected chi connectivity index (χ3v) is 3.15. The second-order valence-electron chi connectivity index (χ2n) is 4.48. The first-order valence-corrected chi connectivity index (χ1v) is 5.97. The van der Waals surface area contributed by atoms with Crippen LogP contribution in [0.1, 0.15) is 33.6 Å². The summed E-state index contributed by atoms with van der Waals surface area (Å²) in [6.07, 6.45) is 2.32. The number of carbonyl (C=O) groups is 1. The first-order valence-electron chi connectivity index (χ1n) is 5.44. The van der Waals surface area contributed by atoms with E-state index < -0.39 is 0 Å². The fourth-order valence-electron chi connectivity index (χ4n) is 1.50. The van der Waals surface area contributed by atoms with Crippen molar-refractivity contribution in [2.75, 3.05) is 12.4 Å². The van der Waals surface area contributed by atoms with Crippen LogP contribution in [0.3, 0.4) is 0 Å². The molecule has 1 amide bonds. The molecule has 0 saturated heterocycles. The zero-order valence-corrected chi connectivity index (χ0v) is 10.0. The highest BCUT2D eigenvalue weighted by Gasteiger charge is 2.34. The summed E-state index contributed by atoms with van der Waals surface area (Å²) in [6, 6.07) is 0.488. The van der Waals surface area contributed by atoms with Gasteiger partial charge in [-0.25, -0.2) is 0 Å². The molecule has 1 saturated carbocycles. The van der Waals surface area contributed by atoms with Gasteiger partial charge in [-0.2, -0.15) is 0 Å². The van der Waals surface area contributed by atoms with Crippen molar-refractivity contribution < 1.29 is 4.79 Å². The average molecular weight is 218 g/mol. The molecule has 0 N–H and O–H groups in total. The lowest BCUT2D eigenvalue weighted by molar-refractivity contribution is -0.136. The summed E-state index contributed by atoms with van der Waals surface area (Å²) in [6.45, 7) is 6.90. The molecule has 1 fully saturated rings. The Bertz CT molecular complexity index is 201. The van der Waals surface area contributed by atoms with E-state index in [-0.39, 0.29) is 11.8 Å². The second kappa shape index (κ2) is 5.01. The van der Waals surface area contributed by atoms with Gasteiger partial charge in [0, 0.05) is 24.4 Å². The van der Waals surface area contributed by atoms with E-state index in [0.29, 0.717) is 24.4 Å². The summed E-state index contributed by atoms with van der Waals surface area (Å²) < 4.78 is 0. The van der Waals surface area contributed by atoms with Crippen molar-refractivity contribution in [1.82, 2.24) is 4.90 Å². The van der Waals surface area contributed by atoms with E-state index in [4.69, 9.17) is 11.6 Å². The Labute approximate surface area is 91.6 Å². The van der Waals surface area contributed by atoms with Crippen molar-refractivity contribution in [3.8, 4) is 0 Å². The highest BCUT2D eigenvalue weighted by Crippen LogP contribution is 2.29. The summed E-state index contributed by atoms with van der Waals surface area (Å²) in [5.41, 5.74) is 0. The number of halogens is 1. The molecule has 1 atom stereocenters. The molecule has 1 unspecified atom stereocenters. The molecule has 0 heterocycles. The molecule has 82 valence electrons. The summed E-state index contributed by atoms with van der Waals surface area (Å²) in [4.78, 5) is 14.0. The van der Waals surface area contributed by atoms with Gasteiger partial charge in [-0.3, -0.25) is 4.79 Å². The highest BCUT2D eigenvalue weighted by atomic mass is 35.5. The predicted molar refractivity (Wildman–Crippen MR) is 59.5 cm³/mol. The molecule has 0 aliphatic heterocycles. The molecule has 0 bridgehead atoms. The maximum atomic E-state index is 12.0. The standard InChI is InChI=1S/C11H20ClNO/c1-8(2)9(3)11(14)13(7-6-12)10-4-5-10/h8-10H,4-7H2,1-3H3. The molecule has 0 aromatic heterocycles. The zero-order chi connectivity index (χ0) is 10.7. The number of amides is 1. The summed E-state index contributed by atoms with van der Waals surface area (Å²) in [7, 11) is 0. The number of carbonyl (C=O) groups excluding carboxylic acids is 1. The van der Waals surface area contributed by atoms with Crippen LogP contribution in [0.2, 0.25) is 0 Å². The third-order valence-electron chi connectivity index (χ3n) is 2.99. The van der Waals surface area contributed by atoms with E-state index in [0.717, 1.165) is 12.8 Å². The molecule has 0 spiro atoms. The summed E-state index contributed by atoms with van der Waals surface area (Å²) >= 11 is 5.70. The molecule has 1 aliphatic rings. The monoisotopic (exact) mass is 217 g/mol. The van der Waals surface area contributed by atoms with E-state index >= 15 is 0 Å². The van der Waals surface area contributed by atoms with E-state index in [1.807, 2.05) is 11.8 Å². The molecular formula is C11H20ClNO. The van der Waals surface area contributed by atoms with Crippen LogP contribution in [-0.4, -0.2) is 29.3 Å². The van der Waals surface area contributed by atoms with Crippen molar-refractivity contribution >= 4 is 17.5 Å². The molecular weight excluding hydrogens is 198 g/mol. The largest absolute Gasteiger partial charge is 0.338 e. The van der Waals surface area contributed by atoms with Gasteiger partial charge in [-0.1, -0.05) is 20.8 Å². The Morgan fingerprint density at radius 1 is 1.43 bits per heavy atom. The van der Waals surface area contributed by atoms with Crippen molar-refractivity contribution in [3.05, 3.63) is 0 Å². The van der Waals surface area contributed by atoms with Gasteiger partial charge in [0.1, 0.15) is 0 Å². The summed E-state index contributed by atoms with van der Waals surface area (Å²) in [5.74, 6) is 1.37. The molecule has 0 radical (unpaired) electrons. The number of alkyl halides is 1. The average Bonchev–Trinajstić information content (AvgIpc) is 2.95. The van der Waals surface area contributed by atoms with Gasteiger partial charge in [-0.15, -0.1) is 11.6 Å². The summed E-state index contributed by atoms with van der Waals surface area (Å²) in [5, 5.41) is 0. The zero-order valence-electron chi connectivity index (χ0n) is 9.29. The SMILES string of the molecule is CC(C)C(C)C(=O)N(CCCl)C1CC1. The van der Waals surface area contributed by atoms with Crippen molar-refractivity contribution in [2.24, 2.45) is 11.8 Å². The van der Waals surface area contributed by atoms with Crippen LogP contribution in [0.15, 0.2) is 0 Å². The molecule has 1 aliphatic carbocycles. The van der Waals surface area contributed by atoms with E-state index in [1.165, 1.54) is 0 Å². The van der Waals surface area contributed by atoms with Gasteiger partial charge in [0.25, 0.3) is 0 Å². The molecule has 0 aromatic rings. The van der Waals surface area contributed by atoms with Crippen LogP contribution in [0, 0.1) is 11.8 Å². The minimum atomic E-state index is 0.124. The third kappa shape index (κ3) is 2.88. The maximum absolute atomic E-state index is 12.0. The van der Waals surface area contributed by atoms with E-state index in [9.17, 15) is 4.79 Å². The second-order valence-corrected chi connectivity index (χ2v) is 4.86. The van der Waals surface area contributed by atoms with Crippen LogP contribution >= 0.6 is 11.6 Å². The van der Waals surface area contributed by atoms with Crippen LogP contribution in [-0.2, 0) is 4.79 Å². The van der Waals surface area contributed by atoms with E-state index in [1.54, 1.807) is 0 Å². The normalized spacial score (nSPS) is 18.4. The molecule has 14 heavy (non-hydrogen) atoms. The van der Waals surface area contributed by atoms with Crippen molar-refractivity contribution in [3.63, 3.8) is 0 Å². The predicted octanol–water partition coefficient (Wildman–Crippen LogP) is 2.51. The lowest BCUT2D eigenvalue weighted by atomic mass is 9.96. The van der Waals surface area contributed by atoms with Crippen molar-refractivity contribution in [2.45, 2.75) is 39.7 Å². The topological polar surface area (TPSA) is 20.3 Å². The van der Waals surface area contributed by atoms with Gasteiger partial charge in [0.15, 0.2) is 0 Å². The van der Waals surface area contributed by atoms with Crippen LogP contribution in [0.25, 0.3) is 0 Å². The Morgan fingerprint density at radius 2 is 2.00 bits per heavy atom. The van der Waals surface area contributed by atoms with Crippen molar-refractivity contribution in [1.29, 1.82) is 0 Å². The Hall–Kier alpha value is -0.240. The quantitative estimate of drug-likeness (QED) is 0.648. The molecule has 3 heteroatoms. The van der Waals surface area contributed by atoms with Gasteiger partial charge < -0.3 is 4.90 Å². The van der Waals surface area contributed by atoms with Crippen LogP contribution < -0.4 is 0 Å².